The van der Waals surface area contributed by atoms with Crippen molar-refractivity contribution in [3.63, 3.8) is 0 Å². The molecule has 0 aliphatic carbocycles. The fourth-order valence-corrected chi connectivity index (χ4v) is 3.02. The van der Waals surface area contributed by atoms with E-state index in [1.54, 1.807) is 42.3 Å². The first-order valence-electron chi connectivity index (χ1n) is 7.09. The summed E-state index contributed by atoms with van der Waals surface area (Å²) >= 11 is 12.2. The van der Waals surface area contributed by atoms with Gasteiger partial charge in [0.1, 0.15) is 0 Å². The number of amides is 1. The average Bonchev–Trinajstić information content (AvgIpc) is 3.00. The molecule has 1 aliphatic heterocycles. The molecule has 3 rings (SSSR count). The molecule has 4 nitrogen and oxygen atoms in total. The summed E-state index contributed by atoms with van der Waals surface area (Å²) in [5.74, 6) is 1.11. The molecule has 0 bridgehead atoms. The molecule has 0 saturated carbocycles. The molecular formula is C17H15Cl2NO3. The van der Waals surface area contributed by atoms with Crippen LogP contribution in [0.1, 0.15) is 28.9 Å². The summed E-state index contributed by atoms with van der Waals surface area (Å²) in [6, 6.07) is 10.2. The SMILES string of the molecule is CC(c1ccc(Cl)cc1Cl)N(C)C(=O)c1ccc2c(c1)OCO2. The number of carbonyl (C=O) groups is 1. The molecule has 1 amide bonds. The molecule has 1 atom stereocenters. The summed E-state index contributed by atoms with van der Waals surface area (Å²) in [5.41, 5.74) is 1.38. The Hall–Kier alpha value is -1.91. The molecule has 0 aromatic heterocycles. The van der Waals surface area contributed by atoms with E-state index >= 15 is 0 Å². The molecule has 1 heterocycles. The predicted molar refractivity (Wildman–Crippen MR) is 89.5 cm³/mol. The van der Waals surface area contributed by atoms with Crippen LogP contribution in [0, 0.1) is 0 Å². The molecule has 2 aromatic carbocycles. The maximum Gasteiger partial charge on any atom is 0.254 e. The van der Waals surface area contributed by atoms with E-state index < -0.39 is 0 Å². The van der Waals surface area contributed by atoms with Gasteiger partial charge in [-0.1, -0.05) is 29.3 Å². The van der Waals surface area contributed by atoms with Gasteiger partial charge in [0, 0.05) is 22.7 Å². The van der Waals surface area contributed by atoms with E-state index in [0.717, 1.165) is 5.56 Å². The normalized spacial score (nSPS) is 13.7. The van der Waals surface area contributed by atoms with Crippen LogP contribution in [-0.2, 0) is 0 Å². The monoisotopic (exact) mass is 351 g/mol. The van der Waals surface area contributed by atoms with Crippen LogP contribution in [0.25, 0.3) is 0 Å². The first-order valence-corrected chi connectivity index (χ1v) is 7.84. The summed E-state index contributed by atoms with van der Waals surface area (Å²) in [7, 11) is 1.74. The Labute approximate surface area is 144 Å². The van der Waals surface area contributed by atoms with Gasteiger partial charge in [-0.3, -0.25) is 4.79 Å². The lowest BCUT2D eigenvalue weighted by Crippen LogP contribution is -2.29. The van der Waals surface area contributed by atoms with Crippen molar-refractivity contribution in [1.82, 2.24) is 4.90 Å². The van der Waals surface area contributed by atoms with Crippen molar-refractivity contribution in [2.45, 2.75) is 13.0 Å². The lowest BCUT2D eigenvalue weighted by molar-refractivity contribution is 0.0742. The van der Waals surface area contributed by atoms with Crippen molar-refractivity contribution < 1.29 is 14.3 Å². The Morgan fingerprint density at radius 1 is 1.13 bits per heavy atom. The highest BCUT2D eigenvalue weighted by atomic mass is 35.5. The largest absolute Gasteiger partial charge is 0.454 e. The Morgan fingerprint density at radius 2 is 1.87 bits per heavy atom. The van der Waals surface area contributed by atoms with Gasteiger partial charge in [-0.05, 0) is 42.8 Å². The van der Waals surface area contributed by atoms with E-state index in [9.17, 15) is 4.79 Å². The summed E-state index contributed by atoms with van der Waals surface area (Å²) in [6.45, 7) is 2.10. The van der Waals surface area contributed by atoms with Crippen LogP contribution >= 0.6 is 23.2 Å². The van der Waals surface area contributed by atoms with E-state index in [2.05, 4.69) is 0 Å². The lowest BCUT2D eigenvalue weighted by Gasteiger charge is -2.26. The highest BCUT2D eigenvalue weighted by molar-refractivity contribution is 6.35. The molecule has 23 heavy (non-hydrogen) atoms. The molecule has 1 aliphatic rings. The number of carbonyl (C=O) groups excluding carboxylic acids is 1. The number of rotatable bonds is 3. The Balaban J connectivity index is 1.84. The molecule has 0 saturated heterocycles. The number of hydrogen-bond acceptors (Lipinski definition) is 3. The third kappa shape index (κ3) is 3.09. The number of benzene rings is 2. The van der Waals surface area contributed by atoms with Crippen LogP contribution in [0.2, 0.25) is 10.0 Å². The van der Waals surface area contributed by atoms with Crippen molar-refractivity contribution in [3.05, 3.63) is 57.6 Å². The number of ether oxygens (including phenoxy) is 2. The van der Waals surface area contributed by atoms with Crippen molar-refractivity contribution in [2.24, 2.45) is 0 Å². The fraction of sp³-hybridized carbons (Fsp3) is 0.235. The standard InChI is InChI=1S/C17H15Cl2NO3/c1-10(13-5-4-12(18)8-14(13)19)20(2)17(21)11-3-6-15-16(7-11)23-9-22-15/h3-8,10H,9H2,1-2H3. The summed E-state index contributed by atoms with van der Waals surface area (Å²) in [4.78, 5) is 14.3. The van der Waals surface area contributed by atoms with Gasteiger partial charge in [-0.15, -0.1) is 0 Å². The molecule has 0 spiro atoms. The average molecular weight is 352 g/mol. The topological polar surface area (TPSA) is 38.8 Å². The molecule has 0 radical (unpaired) electrons. The van der Waals surface area contributed by atoms with Crippen LogP contribution in [0.3, 0.4) is 0 Å². The van der Waals surface area contributed by atoms with Crippen LogP contribution in [0.15, 0.2) is 36.4 Å². The van der Waals surface area contributed by atoms with E-state index in [1.165, 1.54) is 0 Å². The van der Waals surface area contributed by atoms with Gasteiger partial charge in [0.2, 0.25) is 6.79 Å². The second kappa shape index (κ2) is 6.30. The molecule has 0 N–H and O–H groups in total. The Bertz CT molecular complexity index is 763. The number of fused-ring (bicyclic) bond motifs is 1. The first kappa shape index (κ1) is 16.0. The predicted octanol–water partition coefficient (Wildman–Crippen LogP) is 4.56. The maximum absolute atomic E-state index is 12.7. The second-order valence-corrected chi connectivity index (χ2v) is 6.17. The third-order valence-corrected chi connectivity index (χ3v) is 4.50. The second-order valence-electron chi connectivity index (χ2n) is 5.33. The van der Waals surface area contributed by atoms with Gasteiger partial charge >= 0.3 is 0 Å². The minimum Gasteiger partial charge on any atom is -0.454 e. The van der Waals surface area contributed by atoms with E-state index in [4.69, 9.17) is 32.7 Å². The molecule has 2 aromatic rings. The number of halogens is 2. The first-order chi connectivity index (χ1) is 11.0. The van der Waals surface area contributed by atoms with Gasteiger partial charge in [0.25, 0.3) is 5.91 Å². The summed E-state index contributed by atoms with van der Waals surface area (Å²) in [6.07, 6.45) is 0. The number of hydrogen-bond donors (Lipinski definition) is 0. The van der Waals surface area contributed by atoms with Gasteiger partial charge in [0.15, 0.2) is 11.5 Å². The van der Waals surface area contributed by atoms with Crippen LogP contribution in [-0.4, -0.2) is 24.6 Å². The minimum atomic E-state index is -0.197. The van der Waals surface area contributed by atoms with Crippen LogP contribution in [0.5, 0.6) is 11.5 Å². The fourth-order valence-electron chi connectivity index (χ4n) is 2.46. The minimum absolute atomic E-state index is 0.123. The smallest absolute Gasteiger partial charge is 0.254 e. The zero-order chi connectivity index (χ0) is 16.6. The highest BCUT2D eigenvalue weighted by Gasteiger charge is 2.23. The Kier molecular flexibility index (Phi) is 4.37. The summed E-state index contributed by atoms with van der Waals surface area (Å²) < 4.78 is 10.6. The zero-order valence-electron chi connectivity index (χ0n) is 12.7. The Morgan fingerprint density at radius 3 is 2.61 bits per heavy atom. The van der Waals surface area contributed by atoms with Crippen molar-refractivity contribution >= 4 is 29.1 Å². The number of nitrogens with zero attached hydrogens (tertiary/aromatic N) is 1. The van der Waals surface area contributed by atoms with Crippen molar-refractivity contribution in [3.8, 4) is 11.5 Å². The zero-order valence-corrected chi connectivity index (χ0v) is 14.2. The van der Waals surface area contributed by atoms with E-state index in [0.29, 0.717) is 27.1 Å². The summed E-state index contributed by atoms with van der Waals surface area (Å²) in [5, 5.41) is 1.10. The van der Waals surface area contributed by atoms with Crippen LogP contribution < -0.4 is 9.47 Å². The quantitative estimate of drug-likeness (QED) is 0.813. The van der Waals surface area contributed by atoms with Crippen molar-refractivity contribution in [2.75, 3.05) is 13.8 Å². The molecular weight excluding hydrogens is 337 g/mol. The van der Waals surface area contributed by atoms with Crippen molar-refractivity contribution in [1.29, 1.82) is 0 Å². The van der Waals surface area contributed by atoms with Gasteiger partial charge < -0.3 is 14.4 Å². The molecule has 120 valence electrons. The van der Waals surface area contributed by atoms with Gasteiger partial charge in [-0.25, -0.2) is 0 Å². The highest BCUT2D eigenvalue weighted by Crippen LogP contribution is 2.34. The van der Waals surface area contributed by atoms with Gasteiger partial charge in [-0.2, -0.15) is 0 Å². The van der Waals surface area contributed by atoms with Crippen LogP contribution in [0.4, 0.5) is 0 Å². The molecule has 0 fully saturated rings. The van der Waals surface area contributed by atoms with E-state index in [1.807, 2.05) is 13.0 Å². The molecule has 6 heteroatoms. The van der Waals surface area contributed by atoms with Gasteiger partial charge in [0.05, 0.1) is 6.04 Å². The third-order valence-electron chi connectivity index (χ3n) is 3.93. The van der Waals surface area contributed by atoms with E-state index in [-0.39, 0.29) is 18.7 Å². The lowest BCUT2D eigenvalue weighted by atomic mass is 10.1. The maximum atomic E-state index is 12.7. The molecule has 1 unspecified atom stereocenters.